The molecule has 1 aliphatic rings. The van der Waals surface area contributed by atoms with E-state index in [9.17, 15) is 4.39 Å². The summed E-state index contributed by atoms with van der Waals surface area (Å²) in [5.74, 6) is 0.0515. The molecular formula is C11H15FN2O2. The van der Waals surface area contributed by atoms with Crippen LogP contribution in [0.4, 0.5) is 4.39 Å². The summed E-state index contributed by atoms with van der Waals surface area (Å²) in [5, 5.41) is 0. The molecule has 0 atom stereocenters. The third-order valence-electron chi connectivity index (χ3n) is 2.56. The van der Waals surface area contributed by atoms with Gasteiger partial charge in [-0.25, -0.2) is 9.37 Å². The lowest BCUT2D eigenvalue weighted by Crippen LogP contribution is -2.26. The molecule has 0 amide bonds. The Bertz CT molecular complexity index is 354. The fourth-order valence-corrected chi connectivity index (χ4v) is 1.67. The molecule has 1 aromatic rings. The minimum absolute atomic E-state index is 0.0945. The molecular weight excluding hydrogens is 211 g/mol. The normalized spacial score (nSPS) is 17.4. The summed E-state index contributed by atoms with van der Waals surface area (Å²) in [7, 11) is 0. The molecule has 1 fully saturated rings. The van der Waals surface area contributed by atoms with E-state index in [0.29, 0.717) is 24.7 Å². The quantitative estimate of drug-likeness (QED) is 0.842. The van der Waals surface area contributed by atoms with E-state index in [2.05, 4.69) is 4.98 Å². The molecule has 1 aliphatic heterocycles. The van der Waals surface area contributed by atoms with Crippen molar-refractivity contribution >= 4 is 0 Å². The van der Waals surface area contributed by atoms with E-state index in [1.807, 2.05) is 0 Å². The molecule has 1 aromatic heterocycles. The Morgan fingerprint density at radius 2 is 2.25 bits per heavy atom. The zero-order valence-electron chi connectivity index (χ0n) is 8.99. The average Bonchev–Trinajstić information content (AvgIpc) is 2.33. The van der Waals surface area contributed by atoms with Crippen molar-refractivity contribution in [3.63, 3.8) is 0 Å². The van der Waals surface area contributed by atoms with Gasteiger partial charge in [-0.1, -0.05) is 0 Å². The van der Waals surface area contributed by atoms with Crippen LogP contribution in [0, 0.1) is 5.82 Å². The molecule has 0 aliphatic carbocycles. The summed E-state index contributed by atoms with van der Waals surface area (Å²) in [5.41, 5.74) is 6.12. The molecule has 2 N–H and O–H groups in total. The minimum atomic E-state index is -0.389. The van der Waals surface area contributed by atoms with Gasteiger partial charge in [-0.05, 0) is 6.07 Å². The molecule has 0 bridgehead atoms. The second-order valence-electron chi connectivity index (χ2n) is 3.75. The smallest absolute Gasteiger partial charge is 0.218 e. The van der Waals surface area contributed by atoms with Crippen molar-refractivity contribution in [3.8, 4) is 5.88 Å². The van der Waals surface area contributed by atoms with Crippen molar-refractivity contribution in [2.45, 2.75) is 25.5 Å². The highest BCUT2D eigenvalue weighted by Gasteiger charge is 2.17. The van der Waals surface area contributed by atoms with Gasteiger partial charge in [-0.3, -0.25) is 0 Å². The fourth-order valence-electron chi connectivity index (χ4n) is 1.67. The molecule has 0 unspecified atom stereocenters. The predicted molar refractivity (Wildman–Crippen MR) is 56.6 cm³/mol. The summed E-state index contributed by atoms with van der Waals surface area (Å²) >= 11 is 0. The van der Waals surface area contributed by atoms with E-state index in [1.54, 1.807) is 0 Å². The Balaban J connectivity index is 2.07. The van der Waals surface area contributed by atoms with Gasteiger partial charge >= 0.3 is 0 Å². The minimum Gasteiger partial charge on any atom is -0.474 e. The van der Waals surface area contributed by atoms with Gasteiger partial charge in [-0.2, -0.15) is 0 Å². The van der Waals surface area contributed by atoms with Gasteiger partial charge in [0.1, 0.15) is 11.9 Å². The van der Waals surface area contributed by atoms with Crippen molar-refractivity contribution in [1.29, 1.82) is 0 Å². The summed E-state index contributed by atoms with van der Waals surface area (Å²) in [6.45, 7) is 1.62. The molecule has 0 radical (unpaired) electrons. The SMILES string of the molecule is NCc1cc(F)cnc1OC1CCOCC1. The van der Waals surface area contributed by atoms with Gasteiger partial charge in [0.05, 0.1) is 19.4 Å². The molecule has 4 nitrogen and oxygen atoms in total. The maximum atomic E-state index is 12.9. The van der Waals surface area contributed by atoms with Gasteiger partial charge in [0.2, 0.25) is 5.88 Å². The van der Waals surface area contributed by atoms with Crippen LogP contribution in [0.15, 0.2) is 12.3 Å². The molecule has 5 heteroatoms. The lowest BCUT2D eigenvalue weighted by Gasteiger charge is -2.23. The third-order valence-corrected chi connectivity index (χ3v) is 2.56. The Labute approximate surface area is 93.6 Å². The van der Waals surface area contributed by atoms with Crippen molar-refractivity contribution in [1.82, 2.24) is 4.98 Å². The number of halogens is 1. The van der Waals surface area contributed by atoms with E-state index in [4.69, 9.17) is 15.2 Å². The number of rotatable bonds is 3. The fraction of sp³-hybridized carbons (Fsp3) is 0.545. The number of hydrogen-bond donors (Lipinski definition) is 1. The number of pyridine rings is 1. The first-order chi connectivity index (χ1) is 7.79. The molecule has 1 saturated heterocycles. The predicted octanol–water partition coefficient (Wildman–Crippen LogP) is 1.24. The van der Waals surface area contributed by atoms with E-state index < -0.39 is 0 Å². The molecule has 2 heterocycles. The van der Waals surface area contributed by atoms with Crippen molar-refractivity contribution < 1.29 is 13.9 Å². The highest BCUT2D eigenvalue weighted by molar-refractivity contribution is 5.26. The summed E-state index contributed by atoms with van der Waals surface area (Å²) in [4.78, 5) is 3.93. The first kappa shape index (κ1) is 11.3. The van der Waals surface area contributed by atoms with E-state index >= 15 is 0 Å². The van der Waals surface area contributed by atoms with E-state index in [0.717, 1.165) is 19.0 Å². The lowest BCUT2D eigenvalue weighted by molar-refractivity contribution is 0.0232. The first-order valence-electron chi connectivity index (χ1n) is 5.38. The molecule has 0 spiro atoms. The average molecular weight is 226 g/mol. The largest absolute Gasteiger partial charge is 0.474 e. The number of aromatic nitrogens is 1. The Kier molecular flexibility index (Phi) is 3.69. The van der Waals surface area contributed by atoms with Crippen LogP contribution in [-0.2, 0) is 11.3 Å². The highest BCUT2D eigenvalue weighted by Crippen LogP contribution is 2.20. The van der Waals surface area contributed by atoms with Crippen LogP contribution in [0.1, 0.15) is 18.4 Å². The zero-order valence-corrected chi connectivity index (χ0v) is 8.99. The van der Waals surface area contributed by atoms with Crippen molar-refractivity contribution in [2.24, 2.45) is 5.73 Å². The molecule has 88 valence electrons. The number of ether oxygens (including phenoxy) is 2. The topological polar surface area (TPSA) is 57.4 Å². The Morgan fingerprint density at radius 3 is 2.94 bits per heavy atom. The van der Waals surface area contributed by atoms with E-state index in [-0.39, 0.29) is 18.5 Å². The maximum Gasteiger partial charge on any atom is 0.218 e. The summed E-state index contributed by atoms with van der Waals surface area (Å²) < 4.78 is 23.8. The number of nitrogens with zero attached hydrogens (tertiary/aromatic N) is 1. The van der Waals surface area contributed by atoms with Crippen LogP contribution < -0.4 is 10.5 Å². The van der Waals surface area contributed by atoms with Gasteiger partial charge in [0.15, 0.2) is 0 Å². The molecule has 0 aromatic carbocycles. The number of hydrogen-bond acceptors (Lipinski definition) is 4. The summed E-state index contributed by atoms with van der Waals surface area (Å²) in [6.07, 6.45) is 2.91. The lowest BCUT2D eigenvalue weighted by atomic mass is 10.1. The van der Waals surface area contributed by atoms with Crippen LogP contribution in [-0.4, -0.2) is 24.3 Å². The van der Waals surface area contributed by atoms with Crippen molar-refractivity contribution in [2.75, 3.05) is 13.2 Å². The third kappa shape index (κ3) is 2.68. The van der Waals surface area contributed by atoms with Crippen LogP contribution in [0.5, 0.6) is 5.88 Å². The zero-order chi connectivity index (χ0) is 11.4. The van der Waals surface area contributed by atoms with Gasteiger partial charge < -0.3 is 15.2 Å². The second-order valence-corrected chi connectivity index (χ2v) is 3.75. The van der Waals surface area contributed by atoms with Crippen LogP contribution in [0.3, 0.4) is 0 Å². The van der Waals surface area contributed by atoms with Crippen LogP contribution in [0.25, 0.3) is 0 Å². The maximum absolute atomic E-state index is 12.9. The van der Waals surface area contributed by atoms with Crippen LogP contribution in [0.2, 0.25) is 0 Å². The Hall–Kier alpha value is -1.20. The van der Waals surface area contributed by atoms with Gasteiger partial charge in [0.25, 0.3) is 0 Å². The summed E-state index contributed by atoms with van der Waals surface area (Å²) in [6, 6.07) is 1.36. The van der Waals surface area contributed by atoms with Crippen molar-refractivity contribution in [3.05, 3.63) is 23.6 Å². The Morgan fingerprint density at radius 1 is 1.50 bits per heavy atom. The monoisotopic (exact) mass is 226 g/mol. The molecule has 2 rings (SSSR count). The number of nitrogens with two attached hydrogens (primary N) is 1. The highest BCUT2D eigenvalue weighted by atomic mass is 19.1. The standard InChI is InChI=1S/C11H15FN2O2/c12-9-5-8(6-13)11(14-7-9)16-10-1-3-15-4-2-10/h5,7,10H,1-4,6,13H2. The van der Waals surface area contributed by atoms with Gasteiger partial charge in [0, 0.05) is 24.9 Å². The first-order valence-corrected chi connectivity index (χ1v) is 5.38. The van der Waals surface area contributed by atoms with Crippen LogP contribution >= 0.6 is 0 Å². The molecule has 0 saturated carbocycles. The second kappa shape index (κ2) is 5.23. The van der Waals surface area contributed by atoms with E-state index in [1.165, 1.54) is 6.07 Å². The van der Waals surface area contributed by atoms with Gasteiger partial charge in [-0.15, -0.1) is 0 Å². The molecule has 16 heavy (non-hydrogen) atoms.